The maximum absolute atomic E-state index is 11.8. The molecule has 1 N–H and O–H groups in total. The Hall–Kier alpha value is -1.47. The quantitative estimate of drug-likeness (QED) is 0.815. The minimum Gasteiger partial charge on any atom is -0.486 e. The van der Waals surface area contributed by atoms with Crippen molar-refractivity contribution in [2.24, 2.45) is 0 Å². The van der Waals surface area contributed by atoms with Crippen molar-refractivity contribution < 1.29 is 27.4 Å². The van der Waals surface area contributed by atoms with Crippen molar-refractivity contribution in [2.75, 3.05) is 33.0 Å². The Morgan fingerprint density at radius 2 is 1.90 bits per heavy atom. The zero-order valence-electron chi connectivity index (χ0n) is 10.8. The maximum atomic E-state index is 11.8. The van der Waals surface area contributed by atoms with E-state index in [1.54, 1.807) is 0 Å². The van der Waals surface area contributed by atoms with E-state index in [9.17, 15) is 13.2 Å². The first-order valence-corrected chi connectivity index (χ1v) is 6.28. The molecular weight excluding hydrogens is 275 g/mol. The number of rotatable bonds is 6. The molecule has 0 spiro atoms. The molecule has 20 heavy (non-hydrogen) atoms. The second-order valence-corrected chi connectivity index (χ2v) is 4.32. The molecule has 0 bridgehead atoms. The summed E-state index contributed by atoms with van der Waals surface area (Å²) in [7, 11) is 0. The zero-order valence-corrected chi connectivity index (χ0v) is 10.8. The second kappa shape index (κ2) is 6.81. The fraction of sp³-hybridized carbons (Fsp3) is 0.538. The van der Waals surface area contributed by atoms with Gasteiger partial charge in [-0.3, -0.25) is 0 Å². The summed E-state index contributed by atoms with van der Waals surface area (Å²) in [5, 5.41) is 3.01. The highest BCUT2D eigenvalue weighted by atomic mass is 19.4. The van der Waals surface area contributed by atoms with Crippen molar-refractivity contribution >= 4 is 0 Å². The number of hydrogen-bond acceptors (Lipinski definition) is 4. The van der Waals surface area contributed by atoms with E-state index in [4.69, 9.17) is 9.47 Å². The summed E-state index contributed by atoms with van der Waals surface area (Å²) < 4.78 is 50.8. The van der Waals surface area contributed by atoms with Crippen LogP contribution in [-0.2, 0) is 11.3 Å². The molecule has 2 rings (SSSR count). The Labute approximate surface area is 114 Å². The third-order valence-corrected chi connectivity index (χ3v) is 2.62. The van der Waals surface area contributed by atoms with E-state index in [2.05, 4.69) is 10.1 Å². The van der Waals surface area contributed by atoms with Crippen molar-refractivity contribution in [2.45, 2.75) is 12.7 Å². The topological polar surface area (TPSA) is 39.7 Å². The Bertz CT molecular complexity index is 437. The average molecular weight is 291 g/mol. The van der Waals surface area contributed by atoms with Crippen LogP contribution in [0.5, 0.6) is 11.5 Å². The lowest BCUT2D eigenvalue weighted by molar-refractivity contribution is -0.173. The van der Waals surface area contributed by atoms with E-state index < -0.39 is 12.8 Å². The third-order valence-electron chi connectivity index (χ3n) is 2.62. The molecule has 0 aromatic heterocycles. The summed E-state index contributed by atoms with van der Waals surface area (Å²) in [6, 6.07) is 5.57. The first-order chi connectivity index (χ1) is 9.54. The van der Waals surface area contributed by atoms with Crippen molar-refractivity contribution in [1.82, 2.24) is 5.32 Å². The van der Waals surface area contributed by atoms with E-state index in [0.717, 1.165) is 5.56 Å². The number of nitrogens with one attached hydrogen (secondary N) is 1. The highest BCUT2D eigenvalue weighted by Gasteiger charge is 2.27. The molecule has 0 radical (unpaired) electrons. The molecule has 0 unspecified atom stereocenters. The predicted octanol–water partition coefficient (Wildman–Crippen LogP) is 2.13. The molecule has 7 heteroatoms. The van der Waals surface area contributed by atoms with Crippen LogP contribution in [0.4, 0.5) is 13.2 Å². The number of hydrogen-bond donors (Lipinski definition) is 1. The molecule has 1 aromatic rings. The van der Waals surface area contributed by atoms with Gasteiger partial charge in [-0.05, 0) is 17.7 Å². The van der Waals surface area contributed by atoms with Gasteiger partial charge in [-0.15, -0.1) is 0 Å². The van der Waals surface area contributed by atoms with Crippen LogP contribution >= 0.6 is 0 Å². The normalized spacial score (nSPS) is 14.3. The fourth-order valence-electron chi connectivity index (χ4n) is 1.76. The van der Waals surface area contributed by atoms with E-state index in [-0.39, 0.29) is 6.61 Å². The molecular formula is C13H16F3NO3. The smallest absolute Gasteiger partial charge is 0.411 e. The minimum absolute atomic E-state index is 0.0179. The van der Waals surface area contributed by atoms with Crippen molar-refractivity contribution in [3.05, 3.63) is 23.8 Å². The van der Waals surface area contributed by atoms with Crippen molar-refractivity contribution in [3.63, 3.8) is 0 Å². The molecule has 0 saturated heterocycles. The van der Waals surface area contributed by atoms with Crippen LogP contribution in [0.25, 0.3) is 0 Å². The summed E-state index contributed by atoms with van der Waals surface area (Å²) in [6.07, 6.45) is -4.27. The molecule has 1 aliphatic rings. The second-order valence-electron chi connectivity index (χ2n) is 4.32. The standard InChI is InChI=1S/C13H16F3NO3/c14-13(15,16)9-18-4-3-17-8-10-1-2-11-12(7-10)20-6-5-19-11/h1-2,7,17H,3-6,8-9H2. The van der Waals surface area contributed by atoms with Crippen LogP contribution in [0, 0.1) is 0 Å². The van der Waals surface area contributed by atoms with E-state index >= 15 is 0 Å². The van der Waals surface area contributed by atoms with Gasteiger partial charge in [0.05, 0.1) is 6.61 Å². The van der Waals surface area contributed by atoms with Gasteiger partial charge in [-0.25, -0.2) is 0 Å². The monoisotopic (exact) mass is 291 g/mol. The van der Waals surface area contributed by atoms with Crippen LogP contribution in [-0.4, -0.2) is 39.1 Å². The van der Waals surface area contributed by atoms with E-state index in [1.807, 2.05) is 18.2 Å². The molecule has 0 atom stereocenters. The third kappa shape index (κ3) is 4.90. The highest BCUT2D eigenvalue weighted by Crippen LogP contribution is 2.30. The van der Waals surface area contributed by atoms with E-state index in [0.29, 0.717) is 37.8 Å². The van der Waals surface area contributed by atoms with Gasteiger partial charge in [0.25, 0.3) is 0 Å². The summed E-state index contributed by atoms with van der Waals surface area (Å²) in [5.41, 5.74) is 0.977. The number of fused-ring (bicyclic) bond motifs is 1. The number of benzene rings is 1. The summed E-state index contributed by atoms with van der Waals surface area (Å²) in [5.74, 6) is 1.41. The molecule has 0 aliphatic carbocycles. The van der Waals surface area contributed by atoms with Crippen molar-refractivity contribution in [3.8, 4) is 11.5 Å². The molecule has 1 aromatic carbocycles. The van der Waals surface area contributed by atoms with Crippen LogP contribution in [0.1, 0.15) is 5.56 Å². The largest absolute Gasteiger partial charge is 0.486 e. The van der Waals surface area contributed by atoms with Crippen LogP contribution < -0.4 is 14.8 Å². The van der Waals surface area contributed by atoms with Gasteiger partial charge in [0.2, 0.25) is 0 Å². The SMILES string of the molecule is FC(F)(F)COCCNCc1ccc2c(c1)OCCO2. The molecule has 0 amide bonds. The Morgan fingerprint density at radius 1 is 1.15 bits per heavy atom. The van der Waals surface area contributed by atoms with Gasteiger partial charge >= 0.3 is 6.18 Å². The van der Waals surface area contributed by atoms with Gasteiger partial charge in [-0.2, -0.15) is 13.2 Å². The maximum Gasteiger partial charge on any atom is 0.411 e. The predicted molar refractivity (Wildman–Crippen MR) is 66.0 cm³/mol. The van der Waals surface area contributed by atoms with Crippen LogP contribution in [0.2, 0.25) is 0 Å². The molecule has 1 aliphatic heterocycles. The molecule has 0 fully saturated rings. The average Bonchev–Trinajstić information content (AvgIpc) is 2.41. The van der Waals surface area contributed by atoms with Crippen LogP contribution in [0.15, 0.2) is 18.2 Å². The first-order valence-electron chi connectivity index (χ1n) is 6.28. The molecule has 112 valence electrons. The lowest BCUT2D eigenvalue weighted by Gasteiger charge is -2.19. The Balaban J connectivity index is 1.67. The molecule has 4 nitrogen and oxygen atoms in total. The molecule has 1 heterocycles. The van der Waals surface area contributed by atoms with Gasteiger partial charge < -0.3 is 19.5 Å². The lowest BCUT2D eigenvalue weighted by Crippen LogP contribution is -2.23. The lowest BCUT2D eigenvalue weighted by atomic mass is 10.2. The minimum atomic E-state index is -4.27. The fourth-order valence-corrected chi connectivity index (χ4v) is 1.76. The van der Waals surface area contributed by atoms with Crippen molar-refractivity contribution in [1.29, 1.82) is 0 Å². The Kier molecular flexibility index (Phi) is 5.08. The first kappa shape index (κ1) is 14.9. The highest BCUT2D eigenvalue weighted by molar-refractivity contribution is 5.43. The van der Waals surface area contributed by atoms with Crippen LogP contribution in [0.3, 0.4) is 0 Å². The summed E-state index contributed by atoms with van der Waals surface area (Å²) >= 11 is 0. The van der Waals surface area contributed by atoms with Gasteiger partial charge in [0.15, 0.2) is 11.5 Å². The summed E-state index contributed by atoms with van der Waals surface area (Å²) in [4.78, 5) is 0. The number of halogens is 3. The zero-order chi connectivity index (χ0) is 14.4. The van der Waals surface area contributed by atoms with Gasteiger partial charge in [0, 0.05) is 13.1 Å². The Morgan fingerprint density at radius 3 is 2.65 bits per heavy atom. The number of alkyl halides is 3. The molecule has 0 saturated carbocycles. The van der Waals surface area contributed by atoms with Gasteiger partial charge in [0.1, 0.15) is 19.8 Å². The van der Waals surface area contributed by atoms with E-state index in [1.165, 1.54) is 0 Å². The number of ether oxygens (including phenoxy) is 3. The summed E-state index contributed by atoms with van der Waals surface area (Å²) in [6.45, 7) is 0.760. The van der Waals surface area contributed by atoms with Gasteiger partial charge in [-0.1, -0.05) is 6.07 Å².